The van der Waals surface area contributed by atoms with Gasteiger partial charge in [0.2, 0.25) is 0 Å². The summed E-state index contributed by atoms with van der Waals surface area (Å²) in [5.41, 5.74) is 0.360. The van der Waals surface area contributed by atoms with E-state index in [2.05, 4.69) is 0 Å². The quantitative estimate of drug-likeness (QED) is 0.818. The number of rotatable bonds is 2. The van der Waals surface area contributed by atoms with Gasteiger partial charge in [-0.1, -0.05) is 0 Å². The van der Waals surface area contributed by atoms with Gasteiger partial charge >= 0.3 is 0 Å². The van der Waals surface area contributed by atoms with Crippen molar-refractivity contribution >= 4 is 11.9 Å². The molecule has 1 aromatic carbocycles. The summed E-state index contributed by atoms with van der Waals surface area (Å²) in [6.45, 7) is 5.21. The summed E-state index contributed by atoms with van der Waals surface area (Å²) in [5, 5.41) is 9.92. The van der Waals surface area contributed by atoms with Crippen LogP contribution in [0.1, 0.15) is 36.7 Å². The number of Topliss-reactive ketones (excluding diaryl/α,β-unsaturated/α-hetero) is 1. The lowest BCUT2D eigenvalue weighted by atomic mass is 9.97. The van der Waals surface area contributed by atoms with Gasteiger partial charge < -0.3 is 14.6 Å². The van der Waals surface area contributed by atoms with Crippen molar-refractivity contribution in [2.45, 2.75) is 26.4 Å². The number of hydrogen-bond acceptors (Lipinski definition) is 4. The van der Waals surface area contributed by atoms with Crippen LogP contribution in [0.2, 0.25) is 0 Å². The Morgan fingerprint density at radius 2 is 2.11 bits per heavy atom. The zero-order valence-corrected chi connectivity index (χ0v) is 10.9. The number of methoxy groups -OCH3 is 1. The molecule has 0 unspecified atom stereocenters. The predicted octanol–water partition coefficient (Wildman–Crippen LogP) is 2.79. The number of phenolic OH excluding ortho intramolecular Hbond substituents is 1. The minimum Gasteiger partial charge on any atom is -0.507 e. The standard InChI is InChI=1S/C14H16O4/c1-8(15)12-11(17-4)7-10(16)9-5-6-14(2,3)18-13(9)12/h5-7,16H,1-4H3. The minimum atomic E-state index is -0.518. The van der Waals surface area contributed by atoms with Gasteiger partial charge in [0.05, 0.1) is 12.7 Å². The lowest BCUT2D eigenvalue weighted by Gasteiger charge is -2.30. The van der Waals surface area contributed by atoms with Crippen LogP contribution < -0.4 is 9.47 Å². The molecule has 1 heterocycles. The van der Waals surface area contributed by atoms with E-state index in [4.69, 9.17) is 9.47 Å². The van der Waals surface area contributed by atoms with Crippen LogP contribution in [0, 0.1) is 0 Å². The summed E-state index contributed by atoms with van der Waals surface area (Å²) >= 11 is 0. The Morgan fingerprint density at radius 3 is 2.67 bits per heavy atom. The highest BCUT2D eigenvalue weighted by atomic mass is 16.5. The van der Waals surface area contributed by atoms with Crippen LogP contribution in [0.3, 0.4) is 0 Å². The van der Waals surface area contributed by atoms with Crippen molar-refractivity contribution in [2.75, 3.05) is 7.11 Å². The van der Waals surface area contributed by atoms with Crippen molar-refractivity contribution in [1.82, 2.24) is 0 Å². The van der Waals surface area contributed by atoms with E-state index < -0.39 is 5.60 Å². The van der Waals surface area contributed by atoms with Crippen molar-refractivity contribution in [3.63, 3.8) is 0 Å². The van der Waals surface area contributed by atoms with Crippen molar-refractivity contribution in [3.05, 3.63) is 23.3 Å². The van der Waals surface area contributed by atoms with Crippen molar-refractivity contribution < 1.29 is 19.4 Å². The summed E-state index contributed by atoms with van der Waals surface area (Å²) in [4.78, 5) is 11.8. The molecule has 18 heavy (non-hydrogen) atoms. The fraction of sp³-hybridized carbons (Fsp3) is 0.357. The van der Waals surface area contributed by atoms with Gasteiger partial charge in [-0.15, -0.1) is 0 Å². The van der Waals surface area contributed by atoms with E-state index in [1.54, 1.807) is 6.08 Å². The third kappa shape index (κ3) is 1.94. The minimum absolute atomic E-state index is 0.0404. The SMILES string of the molecule is COc1cc(O)c2c(c1C(C)=O)OC(C)(C)C=C2. The van der Waals surface area contributed by atoms with Crippen LogP contribution in [0.4, 0.5) is 0 Å². The Balaban J connectivity index is 2.74. The molecule has 96 valence electrons. The number of benzene rings is 1. The number of aromatic hydroxyl groups is 1. The molecular formula is C14H16O4. The van der Waals surface area contributed by atoms with Crippen LogP contribution in [0.15, 0.2) is 12.1 Å². The predicted molar refractivity (Wildman–Crippen MR) is 68.4 cm³/mol. The first-order valence-electron chi connectivity index (χ1n) is 5.69. The molecule has 0 aromatic heterocycles. The zero-order valence-electron chi connectivity index (χ0n) is 10.9. The number of carbonyl (C=O) groups is 1. The van der Waals surface area contributed by atoms with Gasteiger partial charge in [-0.2, -0.15) is 0 Å². The summed E-state index contributed by atoms with van der Waals surface area (Å²) in [6.07, 6.45) is 3.60. The number of ether oxygens (including phenoxy) is 2. The van der Waals surface area contributed by atoms with Gasteiger partial charge in [-0.05, 0) is 32.9 Å². The smallest absolute Gasteiger partial charge is 0.167 e. The van der Waals surface area contributed by atoms with Gasteiger partial charge in [-0.3, -0.25) is 4.79 Å². The van der Waals surface area contributed by atoms with E-state index >= 15 is 0 Å². The lowest BCUT2D eigenvalue weighted by molar-refractivity contribution is 0.0996. The molecule has 0 amide bonds. The van der Waals surface area contributed by atoms with Gasteiger partial charge in [-0.25, -0.2) is 0 Å². The Hall–Kier alpha value is -1.97. The van der Waals surface area contributed by atoms with E-state index in [1.165, 1.54) is 20.1 Å². The van der Waals surface area contributed by atoms with Gasteiger partial charge in [0.15, 0.2) is 5.78 Å². The maximum absolute atomic E-state index is 11.8. The molecule has 0 fully saturated rings. The fourth-order valence-electron chi connectivity index (χ4n) is 1.98. The molecule has 0 saturated carbocycles. The second-order valence-corrected chi connectivity index (χ2v) is 4.81. The molecule has 2 rings (SSSR count). The fourth-order valence-corrected chi connectivity index (χ4v) is 1.98. The van der Waals surface area contributed by atoms with Crippen molar-refractivity contribution in [1.29, 1.82) is 0 Å². The highest BCUT2D eigenvalue weighted by Crippen LogP contribution is 2.43. The lowest BCUT2D eigenvalue weighted by Crippen LogP contribution is -2.28. The highest BCUT2D eigenvalue weighted by Gasteiger charge is 2.29. The Labute approximate surface area is 106 Å². The second kappa shape index (κ2) is 4.05. The molecule has 1 aliphatic rings. The van der Waals surface area contributed by atoms with E-state index in [9.17, 15) is 9.90 Å². The monoisotopic (exact) mass is 248 g/mol. The van der Waals surface area contributed by atoms with Gasteiger partial charge in [0.1, 0.15) is 28.4 Å². The van der Waals surface area contributed by atoms with E-state index in [1.807, 2.05) is 19.9 Å². The molecule has 1 N–H and O–H groups in total. The third-order valence-corrected chi connectivity index (χ3v) is 2.85. The molecule has 1 aliphatic heterocycles. The summed E-state index contributed by atoms with van der Waals surface area (Å²) in [6, 6.07) is 1.43. The first kappa shape index (κ1) is 12.5. The topological polar surface area (TPSA) is 55.8 Å². The normalized spacial score (nSPS) is 15.8. The number of carbonyl (C=O) groups excluding carboxylic acids is 1. The van der Waals surface area contributed by atoms with Crippen LogP contribution in [-0.4, -0.2) is 23.6 Å². The van der Waals surface area contributed by atoms with Crippen molar-refractivity contribution in [2.24, 2.45) is 0 Å². The Kier molecular flexibility index (Phi) is 2.81. The molecule has 0 spiro atoms. The van der Waals surface area contributed by atoms with Gasteiger partial charge in [0, 0.05) is 6.07 Å². The molecular weight excluding hydrogens is 232 g/mol. The molecule has 4 heteroatoms. The molecule has 0 radical (unpaired) electrons. The number of phenols is 1. The van der Waals surface area contributed by atoms with E-state index in [0.717, 1.165) is 0 Å². The number of ketones is 1. The van der Waals surface area contributed by atoms with E-state index in [-0.39, 0.29) is 11.5 Å². The maximum Gasteiger partial charge on any atom is 0.167 e. The van der Waals surface area contributed by atoms with Crippen LogP contribution in [-0.2, 0) is 0 Å². The molecule has 1 aromatic rings. The number of hydrogen-bond donors (Lipinski definition) is 1. The summed E-state index contributed by atoms with van der Waals surface area (Å²) in [7, 11) is 1.46. The van der Waals surface area contributed by atoms with Gasteiger partial charge in [0.25, 0.3) is 0 Å². The Bertz CT molecular complexity index is 541. The van der Waals surface area contributed by atoms with Crippen LogP contribution >= 0.6 is 0 Å². The first-order valence-corrected chi connectivity index (χ1v) is 5.69. The largest absolute Gasteiger partial charge is 0.507 e. The van der Waals surface area contributed by atoms with Crippen molar-refractivity contribution in [3.8, 4) is 17.2 Å². The zero-order chi connectivity index (χ0) is 13.5. The highest BCUT2D eigenvalue weighted by molar-refractivity contribution is 6.01. The number of fused-ring (bicyclic) bond motifs is 1. The summed E-state index contributed by atoms with van der Waals surface area (Å²) in [5.74, 6) is 0.588. The average molecular weight is 248 g/mol. The molecule has 4 nitrogen and oxygen atoms in total. The first-order chi connectivity index (χ1) is 8.35. The second-order valence-electron chi connectivity index (χ2n) is 4.81. The third-order valence-electron chi connectivity index (χ3n) is 2.85. The Morgan fingerprint density at radius 1 is 1.44 bits per heavy atom. The average Bonchev–Trinajstić information content (AvgIpc) is 2.26. The van der Waals surface area contributed by atoms with Crippen LogP contribution in [0.25, 0.3) is 6.08 Å². The molecule has 0 atom stereocenters. The molecule has 0 bridgehead atoms. The maximum atomic E-state index is 11.8. The van der Waals surface area contributed by atoms with Crippen LogP contribution in [0.5, 0.6) is 17.2 Å². The van der Waals surface area contributed by atoms with E-state index in [0.29, 0.717) is 22.6 Å². The molecule has 0 aliphatic carbocycles. The summed E-state index contributed by atoms with van der Waals surface area (Å²) < 4.78 is 10.9. The molecule has 0 saturated heterocycles.